The molecular formula is C13H29N3OS. The molecule has 0 saturated carbocycles. The SMILES string of the molecule is CCSCCN(C)CC(O)CN1CCN(C)CC1. The number of hydrogen-bond donors (Lipinski definition) is 1. The minimum atomic E-state index is -0.218. The number of β-amino-alcohol motifs (C(OH)–C–C–N with tert-alkyl or cyclic N) is 1. The molecule has 0 aromatic rings. The summed E-state index contributed by atoms with van der Waals surface area (Å²) in [5.74, 6) is 2.34. The van der Waals surface area contributed by atoms with Gasteiger partial charge in [-0.15, -0.1) is 0 Å². The first-order valence-corrected chi connectivity index (χ1v) is 8.12. The summed E-state index contributed by atoms with van der Waals surface area (Å²) >= 11 is 1.96. The van der Waals surface area contributed by atoms with Crippen molar-refractivity contribution in [2.45, 2.75) is 13.0 Å². The van der Waals surface area contributed by atoms with Gasteiger partial charge in [0.2, 0.25) is 0 Å². The van der Waals surface area contributed by atoms with Crippen LogP contribution >= 0.6 is 11.8 Å². The van der Waals surface area contributed by atoms with E-state index in [0.29, 0.717) is 0 Å². The number of likely N-dealkylation sites (N-methyl/N-ethyl adjacent to an activating group) is 2. The van der Waals surface area contributed by atoms with Crippen molar-refractivity contribution in [3.63, 3.8) is 0 Å². The van der Waals surface area contributed by atoms with Gasteiger partial charge in [0.1, 0.15) is 0 Å². The molecule has 0 aliphatic carbocycles. The minimum absolute atomic E-state index is 0.218. The van der Waals surface area contributed by atoms with Crippen molar-refractivity contribution in [1.82, 2.24) is 14.7 Å². The lowest BCUT2D eigenvalue weighted by atomic mass is 10.2. The molecule has 1 aliphatic rings. The van der Waals surface area contributed by atoms with Gasteiger partial charge in [-0.3, -0.25) is 4.90 Å². The van der Waals surface area contributed by atoms with Gasteiger partial charge in [-0.25, -0.2) is 0 Å². The largest absolute Gasteiger partial charge is 0.390 e. The lowest BCUT2D eigenvalue weighted by molar-refractivity contribution is 0.0620. The average molecular weight is 275 g/mol. The summed E-state index contributed by atoms with van der Waals surface area (Å²) < 4.78 is 0. The summed E-state index contributed by atoms with van der Waals surface area (Å²) in [4.78, 5) is 6.96. The van der Waals surface area contributed by atoms with Crippen molar-refractivity contribution in [2.75, 3.05) is 71.4 Å². The number of rotatable bonds is 8. The highest BCUT2D eigenvalue weighted by atomic mass is 32.2. The molecule has 5 heteroatoms. The molecule has 0 spiro atoms. The van der Waals surface area contributed by atoms with E-state index in [2.05, 4.69) is 35.7 Å². The summed E-state index contributed by atoms with van der Waals surface area (Å²) in [5.41, 5.74) is 0. The fraction of sp³-hybridized carbons (Fsp3) is 1.00. The summed E-state index contributed by atoms with van der Waals surface area (Å²) in [6, 6.07) is 0. The Morgan fingerprint density at radius 2 is 1.94 bits per heavy atom. The van der Waals surface area contributed by atoms with Gasteiger partial charge in [-0.2, -0.15) is 11.8 Å². The van der Waals surface area contributed by atoms with E-state index in [1.165, 1.54) is 5.75 Å². The number of aliphatic hydroxyl groups excluding tert-OH is 1. The highest BCUT2D eigenvalue weighted by Crippen LogP contribution is 2.03. The Hall–Kier alpha value is 0.190. The molecule has 1 unspecified atom stereocenters. The Morgan fingerprint density at radius 1 is 1.28 bits per heavy atom. The quantitative estimate of drug-likeness (QED) is 0.643. The normalized spacial score (nSPS) is 20.5. The molecule has 1 atom stereocenters. The molecule has 1 saturated heterocycles. The molecule has 0 aromatic heterocycles. The van der Waals surface area contributed by atoms with E-state index in [-0.39, 0.29) is 6.10 Å². The average Bonchev–Trinajstić information content (AvgIpc) is 2.32. The third kappa shape index (κ3) is 6.95. The van der Waals surface area contributed by atoms with Gasteiger partial charge in [0, 0.05) is 51.6 Å². The van der Waals surface area contributed by atoms with E-state index in [4.69, 9.17) is 0 Å². The van der Waals surface area contributed by atoms with Crippen molar-refractivity contribution in [2.24, 2.45) is 0 Å². The zero-order valence-electron chi connectivity index (χ0n) is 12.1. The van der Waals surface area contributed by atoms with Crippen molar-refractivity contribution in [3.05, 3.63) is 0 Å². The van der Waals surface area contributed by atoms with Gasteiger partial charge in [0.05, 0.1) is 6.10 Å². The lowest BCUT2D eigenvalue weighted by Gasteiger charge is -2.34. The van der Waals surface area contributed by atoms with E-state index in [1.807, 2.05) is 11.8 Å². The van der Waals surface area contributed by atoms with Crippen LogP contribution in [0, 0.1) is 0 Å². The van der Waals surface area contributed by atoms with Crippen molar-refractivity contribution in [3.8, 4) is 0 Å². The molecule has 1 aliphatic heterocycles. The second-order valence-electron chi connectivity index (χ2n) is 5.22. The number of piperazine rings is 1. The van der Waals surface area contributed by atoms with E-state index in [1.54, 1.807) is 0 Å². The van der Waals surface area contributed by atoms with Crippen LogP contribution in [-0.4, -0.2) is 97.3 Å². The molecule has 1 N–H and O–H groups in total. The van der Waals surface area contributed by atoms with Crippen LogP contribution in [0.2, 0.25) is 0 Å². The van der Waals surface area contributed by atoms with E-state index >= 15 is 0 Å². The van der Waals surface area contributed by atoms with Crippen LogP contribution in [0.25, 0.3) is 0 Å². The first-order valence-electron chi connectivity index (χ1n) is 6.97. The van der Waals surface area contributed by atoms with Gasteiger partial charge in [0.15, 0.2) is 0 Å². The summed E-state index contributed by atoms with van der Waals surface area (Å²) in [5, 5.41) is 10.1. The molecular weight excluding hydrogens is 246 g/mol. The van der Waals surface area contributed by atoms with Crippen LogP contribution in [0.1, 0.15) is 6.92 Å². The maximum atomic E-state index is 10.1. The van der Waals surface area contributed by atoms with E-state index in [9.17, 15) is 5.11 Å². The fourth-order valence-electron chi connectivity index (χ4n) is 2.20. The Kier molecular flexibility index (Phi) is 8.26. The molecule has 1 fully saturated rings. The molecule has 18 heavy (non-hydrogen) atoms. The maximum Gasteiger partial charge on any atom is 0.0793 e. The second kappa shape index (κ2) is 9.15. The smallest absolute Gasteiger partial charge is 0.0793 e. The molecule has 0 amide bonds. The summed E-state index contributed by atoms with van der Waals surface area (Å²) in [6.07, 6.45) is -0.218. The van der Waals surface area contributed by atoms with Crippen molar-refractivity contribution in [1.29, 1.82) is 0 Å². The first kappa shape index (κ1) is 16.2. The van der Waals surface area contributed by atoms with E-state index < -0.39 is 0 Å². The fourth-order valence-corrected chi connectivity index (χ4v) is 2.93. The Bertz CT molecular complexity index is 210. The highest BCUT2D eigenvalue weighted by molar-refractivity contribution is 7.99. The van der Waals surface area contributed by atoms with Crippen LogP contribution in [0.3, 0.4) is 0 Å². The minimum Gasteiger partial charge on any atom is -0.390 e. The van der Waals surface area contributed by atoms with Crippen molar-refractivity contribution < 1.29 is 5.11 Å². The van der Waals surface area contributed by atoms with Crippen LogP contribution in [0.15, 0.2) is 0 Å². The topological polar surface area (TPSA) is 30.0 Å². The Labute approximate surface area is 116 Å². The Morgan fingerprint density at radius 3 is 2.56 bits per heavy atom. The van der Waals surface area contributed by atoms with Crippen LogP contribution in [0.4, 0.5) is 0 Å². The number of aliphatic hydroxyl groups is 1. The highest BCUT2D eigenvalue weighted by Gasteiger charge is 2.17. The third-order valence-corrected chi connectivity index (χ3v) is 4.29. The second-order valence-corrected chi connectivity index (χ2v) is 6.61. The zero-order chi connectivity index (χ0) is 13.4. The molecule has 4 nitrogen and oxygen atoms in total. The van der Waals surface area contributed by atoms with Crippen LogP contribution in [-0.2, 0) is 0 Å². The molecule has 1 heterocycles. The van der Waals surface area contributed by atoms with Gasteiger partial charge in [0.25, 0.3) is 0 Å². The lowest BCUT2D eigenvalue weighted by Crippen LogP contribution is -2.48. The summed E-state index contributed by atoms with van der Waals surface area (Å²) in [6.45, 7) is 9.28. The molecule has 0 bridgehead atoms. The molecule has 1 rings (SSSR count). The standard InChI is InChI=1S/C13H29N3OS/c1-4-18-10-9-15(3)11-13(17)12-16-7-5-14(2)6-8-16/h13,17H,4-12H2,1-3H3. The zero-order valence-corrected chi connectivity index (χ0v) is 13.0. The van der Waals surface area contributed by atoms with Crippen LogP contribution < -0.4 is 0 Å². The predicted molar refractivity (Wildman–Crippen MR) is 80.4 cm³/mol. The Balaban J connectivity index is 2.10. The van der Waals surface area contributed by atoms with Crippen molar-refractivity contribution >= 4 is 11.8 Å². The predicted octanol–water partition coefficient (Wildman–Crippen LogP) is 0.280. The number of hydrogen-bond acceptors (Lipinski definition) is 5. The maximum absolute atomic E-state index is 10.1. The van der Waals surface area contributed by atoms with Gasteiger partial charge in [-0.05, 0) is 19.8 Å². The van der Waals surface area contributed by atoms with Gasteiger partial charge < -0.3 is 14.9 Å². The molecule has 108 valence electrons. The summed E-state index contributed by atoms with van der Waals surface area (Å²) in [7, 11) is 4.26. The number of nitrogens with zero attached hydrogens (tertiary/aromatic N) is 3. The first-order chi connectivity index (χ1) is 8.61. The van der Waals surface area contributed by atoms with Crippen LogP contribution in [0.5, 0.6) is 0 Å². The monoisotopic (exact) mass is 275 g/mol. The van der Waals surface area contributed by atoms with E-state index in [0.717, 1.165) is 51.6 Å². The molecule has 0 radical (unpaired) electrons. The third-order valence-electron chi connectivity index (χ3n) is 3.41. The number of thioether (sulfide) groups is 1. The molecule has 0 aromatic carbocycles. The van der Waals surface area contributed by atoms with Gasteiger partial charge >= 0.3 is 0 Å². The van der Waals surface area contributed by atoms with Gasteiger partial charge in [-0.1, -0.05) is 6.92 Å².